The van der Waals surface area contributed by atoms with Crippen LogP contribution in [-0.2, 0) is 0 Å². The predicted molar refractivity (Wildman–Crippen MR) is 83.6 cm³/mol. The van der Waals surface area contributed by atoms with Gasteiger partial charge in [-0.25, -0.2) is 0 Å². The molecule has 0 saturated carbocycles. The standard InChI is InChI=1S/C14H26N6O/c1-4-20(5-2)13-16-12(15)17-14(18-13)21-10-11-8-6-7-9-19(11)3/h11H,4-10H2,1-3H3,(H2,15,16,17,18). The van der Waals surface area contributed by atoms with Crippen molar-refractivity contribution in [2.45, 2.75) is 39.2 Å². The summed E-state index contributed by atoms with van der Waals surface area (Å²) in [5.74, 6) is 0.790. The van der Waals surface area contributed by atoms with E-state index in [0.717, 1.165) is 26.1 Å². The van der Waals surface area contributed by atoms with E-state index in [1.807, 2.05) is 4.90 Å². The summed E-state index contributed by atoms with van der Waals surface area (Å²) in [4.78, 5) is 17.0. The van der Waals surface area contributed by atoms with E-state index in [1.165, 1.54) is 12.8 Å². The molecule has 1 atom stereocenters. The molecule has 0 bridgehead atoms. The summed E-state index contributed by atoms with van der Waals surface area (Å²) < 4.78 is 5.77. The van der Waals surface area contributed by atoms with E-state index in [2.05, 4.69) is 40.7 Å². The van der Waals surface area contributed by atoms with Crippen LogP contribution in [0, 0.1) is 0 Å². The number of ether oxygens (including phenoxy) is 1. The van der Waals surface area contributed by atoms with Gasteiger partial charge in [-0.2, -0.15) is 15.0 Å². The van der Waals surface area contributed by atoms with E-state index >= 15 is 0 Å². The zero-order valence-electron chi connectivity index (χ0n) is 13.2. The molecular weight excluding hydrogens is 268 g/mol. The average Bonchev–Trinajstić information content (AvgIpc) is 2.47. The summed E-state index contributed by atoms with van der Waals surface area (Å²) in [6, 6.07) is 0.747. The Labute approximate surface area is 126 Å². The molecule has 2 rings (SSSR count). The third-order valence-corrected chi connectivity index (χ3v) is 3.99. The summed E-state index contributed by atoms with van der Waals surface area (Å²) in [5, 5.41) is 0. The highest BCUT2D eigenvalue weighted by atomic mass is 16.5. The maximum absolute atomic E-state index is 5.77. The van der Waals surface area contributed by atoms with E-state index in [0.29, 0.717) is 24.6 Å². The van der Waals surface area contributed by atoms with Crippen LogP contribution < -0.4 is 15.4 Å². The molecule has 0 radical (unpaired) electrons. The minimum absolute atomic E-state index is 0.207. The molecule has 2 heterocycles. The highest BCUT2D eigenvalue weighted by Crippen LogP contribution is 2.17. The SMILES string of the molecule is CCN(CC)c1nc(N)nc(OCC2CCCCN2C)n1. The van der Waals surface area contributed by atoms with E-state index in [9.17, 15) is 0 Å². The van der Waals surface area contributed by atoms with Crippen LogP contribution >= 0.6 is 0 Å². The highest BCUT2D eigenvalue weighted by molar-refractivity contribution is 5.35. The van der Waals surface area contributed by atoms with Crippen molar-refractivity contribution in [3.05, 3.63) is 0 Å². The van der Waals surface area contributed by atoms with Crippen molar-refractivity contribution in [3.63, 3.8) is 0 Å². The van der Waals surface area contributed by atoms with Crippen LogP contribution in [0.4, 0.5) is 11.9 Å². The van der Waals surface area contributed by atoms with Crippen LogP contribution in [-0.4, -0.2) is 59.2 Å². The highest BCUT2D eigenvalue weighted by Gasteiger charge is 2.20. The molecule has 1 aliphatic heterocycles. The molecule has 1 aliphatic rings. The molecule has 21 heavy (non-hydrogen) atoms. The minimum atomic E-state index is 0.207. The molecular formula is C14H26N6O. The number of hydrogen-bond acceptors (Lipinski definition) is 7. The van der Waals surface area contributed by atoms with E-state index < -0.39 is 0 Å². The zero-order chi connectivity index (χ0) is 15.2. The summed E-state index contributed by atoms with van der Waals surface area (Å²) in [7, 11) is 2.14. The van der Waals surface area contributed by atoms with Gasteiger partial charge in [-0.15, -0.1) is 0 Å². The Kier molecular flexibility index (Phi) is 5.55. The van der Waals surface area contributed by atoms with Crippen molar-refractivity contribution < 1.29 is 4.74 Å². The van der Waals surface area contributed by atoms with Gasteiger partial charge in [-0.1, -0.05) is 6.42 Å². The molecule has 0 amide bonds. The van der Waals surface area contributed by atoms with Crippen LogP contribution in [0.1, 0.15) is 33.1 Å². The first kappa shape index (κ1) is 15.8. The Morgan fingerprint density at radius 1 is 1.24 bits per heavy atom. The Morgan fingerprint density at radius 3 is 2.67 bits per heavy atom. The number of piperidine rings is 1. The van der Waals surface area contributed by atoms with Gasteiger partial charge in [0.1, 0.15) is 6.61 Å². The van der Waals surface area contributed by atoms with E-state index in [-0.39, 0.29) is 5.95 Å². The Morgan fingerprint density at radius 2 is 2.00 bits per heavy atom. The van der Waals surface area contributed by atoms with Crippen LogP contribution in [0.5, 0.6) is 6.01 Å². The second-order valence-corrected chi connectivity index (χ2v) is 5.39. The monoisotopic (exact) mass is 294 g/mol. The fourth-order valence-electron chi connectivity index (χ4n) is 2.60. The number of aromatic nitrogens is 3. The van der Waals surface area contributed by atoms with Crippen molar-refractivity contribution in [1.29, 1.82) is 0 Å². The number of nitrogens with two attached hydrogens (primary N) is 1. The molecule has 7 heteroatoms. The Balaban J connectivity index is 2.02. The third-order valence-electron chi connectivity index (χ3n) is 3.99. The summed E-state index contributed by atoms with van der Waals surface area (Å²) in [5.41, 5.74) is 5.76. The fourth-order valence-corrected chi connectivity index (χ4v) is 2.60. The molecule has 2 N–H and O–H groups in total. The molecule has 118 valence electrons. The van der Waals surface area contributed by atoms with Gasteiger partial charge >= 0.3 is 6.01 Å². The molecule has 1 saturated heterocycles. The number of rotatable bonds is 6. The van der Waals surface area contributed by atoms with Crippen LogP contribution in [0.25, 0.3) is 0 Å². The molecule has 7 nitrogen and oxygen atoms in total. The smallest absolute Gasteiger partial charge is 0.323 e. The van der Waals surface area contributed by atoms with E-state index in [4.69, 9.17) is 10.5 Å². The first-order chi connectivity index (χ1) is 10.1. The van der Waals surface area contributed by atoms with Crippen molar-refractivity contribution in [2.75, 3.05) is 43.9 Å². The number of hydrogen-bond donors (Lipinski definition) is 1. The predicted octanol–water partition coefficient (Wildman–Crippen LogP) is 1.16. The molecule has 1 aromatic heterocycles. The fraction of sp³-hybridized carbons (Fsp3) is 0.786. The van der Waals surface area contributed by atoms with Gasteiger partial charge in [0.15, 0.2) is 0 Å². The first-order valence-corrected chi connectivity index (χ1v) is 7.73. The lowest BCUT2D eigenvalue weighted by Gasteiger charge is -2.31. The second-order valence-electron chi connectivity index (χ2n) is 5.39. The van der Waals surface area contributed by atoms with Crippen molar-refractivity contribution in [1.82, 2.24) is 19.9 Å². The Bertz CT molecular complexity index is 451. The van der Waals surface area contributed by atoms with Gasteiger partial charge in [-0.3, -0.25) is 0 Å². The van der Waals surface area contributed by atoms with Gasteiger partial charge in [0.25, 0.3) is 0 Å². The molecule has 1 unspecified atom stereocenters. The lowest BCUT2D eigenvalue weighted by molar-refractivity contribution is 0.120. The average molecular weight is 294 g/mol. The maximum Gasteiger partial charge on any atom is 0.323 e. The molecule has 0 spiro atoms. The van der Waals surface area contributed by atoms with Gasteiger partial charge in [0.2, 0.25) is 11.9 Å². The lowest BCUT2D eigenvalue weighted by Crippen LogP contribution is -2.40. The van der Waals surface area contributed by atoms with Crippen LogP contribution in [0.2, 0.25) is 0 Å². The third kappa shape index (κ3) is 4.17. The van der Waals surface area contributed by atoms with Crippen LogP contribution in [0.3, 0.4) is 0 Å². The number of anilines is 2. The second kappa shape index (κ2) is 7.40. The maximum atomic E-state index is 5.77. The molecule has 0 aromatic carbocycles. The summed E-state index contributed by atoms with van der Waals surface area (Å²) in [6.45, 7) is 7.48. The normalized spacial score (nSPS) is 19.5. The number of likely N-dealkylation sites (N-methyl/N-ethyl adjacent to an activating group) is 1. The van der Waals surface area contributed by atoms with Crippen LogP contribution in [0.15, 0.2) is 0 Å². The van der Waals surface area contributed by atoms with Gasteiger partial charge in [0, 0.05) is 19.1 Å². The molecule has 1 aromatic rings. The minimum Gasteiger partial charge on any atom is -0.462 e. The van der Waals surface area contributed by atoms with Crippen molar-refractivity contribution in [3.8, 4) is 6.01 Å². The van der Waals surface area contributed by atoms with E-state index in [1.54, 1.807) is 0 Å². The van der Waals surface area contributed by atoms with Gasteiger partial charge in [-0.05, 0) is 40.3 Å². The summed E-state index contributed by atoms with van der Waals surface area (Å²) >= 11 is 0. The van der Waals surface area contributed by atoms with Gasteiger partial charge < -0.3 is 20.3 Å². The number of likely N-dealkylation sites (tertiary alicyclic amines) is 1. The van der Waals surface area contributed by atoms with Gasteiger partial charge in [0.05, 0.1) is 0 Å². The Hall–Kier alpha value is -1.63. The lowest BCUT2D eigenvalue weighted by atomic mass is 10.0. The quantitative estimate of drug-likeness (QED) is 0.843. The number of nitrogen functional groups attached to an aromatic ring is 1. The molecule has 1 fully saturated rings. The number of nitrogens with zero attached hydrogens (tertiary/aromatic N) is 5. The topological polar surface area (TPSA) is 80.4 Å². The van der Waals surface area contributed by atoms with Crippen molar-refractivity contribution in [2.24, 2.45) is 0 Å². The summed E-state index contributed by atoms with van der Waals surface area (Å²) in [6.07, 6.45) is 3.67. The zero-order valence-corrected chi connectivity index (χ0v) is 13.2. The van der Waals surface area contributed by atoms with Crippen molar-refractivity contribution >= 4 is 11.9 Å². The largest absolute Gasteiger partial charge is 0.462 e. The first-order valence-electron chi connectivity index (χ1n) is 7.73. The molecule has 0 aliphatic carbocycles.